The lowest BCUT2D eigenvalue weighted by Crippen LogP contribution is -2.23. The van der Waals surface area contributed by atoms with Gasteiger partial charge in [0.15, 0.2) is 0 Å². The van der Waals surface area contributed by atoms with Crippen LogP contribution in [0.5, 0.6) is 5.75 Å². The molecule has 2 aromatic rings. The third kappa shape index (κ3) is 4.76. The van der Waals surface area contributed by atoms with Crippen molar-refractivity contribution in [1.82, 2.24) is 0 Å². The fraction of sp³-hybridized carbons (Fsp3) is 0.263. The van der Waals surface area contributed by atoms with Crippen LogP contribution < -0.4 is 10.1 Å². The van der Waals surface area contributed by atoms with Crippen molar-refractivity contribution in [3.63, 3.8) is 0 Å². The van der Waals surface area contributed by atoms with E-state index in [-0.39, 0.29) is 11.2 Å². The summed E-state index contributed by atoms with van der Waals surface area (Å²) in [6.45, 7) is 3.62. The molecule has 0 spiro atoms. The number of methoxy groups -OCH3 is 2. The first-order valence-corrected chi connectivity index (χ1v) is 8.63. The van der Waals surface area contributed by atoms with Crippen molar-refractivity contribution in [2.24, 2.45) is 0 Å². The lowest BCUT2D eigenvalue weighted by molar-refractivity contribution is -0.115. The summed E-state index contributed by atoms with van der Waals surface area (Å²) in [6, 6.07) is 12.7. The average molecular weight is 359 g/mol. The van der Waals surface area contributed by atoms with Gasteiger partial charge in [-0.1, -0.05) is 6.07 Å². The second-order valence-corrected chi connectivity index (χ2v) is 6.81. The van der Waals surface area contributed by atoms with E-state index in [2.05, 4.69) is 5.32 Å². The number of thioether (sulfide) groups is 1. The summed E-state index contributed by atoms with van der Waals surface area (Å²) in [6.07, 6.45) is 0. The van der Waals surface area contributed by atoms with Crippen molar-refractivity contribution in [3.05, 3.63) is 53.6 Å². The van der Waals surface area contributed by atoms with Crippen LogP contribution in [0.1, 0.15) is 22.8 Å². The Labute approximate surface area is 151 Å². The number of nitrogens with one attached hydrogen (secondary N) is 1. The molecule has 0 aliphatic heterocycles. The zero-order chi connectivity index (χ0) is 18.4. The molecular formula is C19H21NO4S. The molecule has 25 heavy (non-hydrogen) atoms. The third-order valence-electron chi connectivity index (χ3n) is 3.74. The number of esters is 1. The Balaban J connectivity index is 2.06. The largest absolute Gasteiger partial charge is 0.497 e. The molecular weight excluding hydrogens is 338 g/mol. The molecule has 6 heteroatoms. The first-order valence-electron chi connectivity index (χ1n) is 7.75. The van der Waals surface area contributed by atoms with Crippen LogP contribution in [-0.2, 0) is 9.53 Å². The molecule has 0 aromatic heterocycles. The minimum absolute atomic E-state index is 0.133. The summed E-state index contributed by atoms with van der Waals surface area (Å²) in [5.74, 6) is 0.219. The summed E-state index contributed by atoms with van der Waals surface area (Å²) >= 11 is 1.45. The maximum atomic E-state index is 12.5. The topological polar surface area (TPSA) is 64.6 Å². The standard InChI is InChI=1S/C19H21NO4S/c1-12-16(19(22)24-4)6-5-7-17(12)20-18(21)13(2)25-15-10-8-14(23-3)9-11-15/h5-11,13H,1-4H3,(H,20,21)/t13-/m0/s1. The Hall–Kier alpha value is -2.47. The van der Waals surface area contributed by atoms with Crippen LogP contribution >= 0.6 is 11.8 Å². The number of carbonyl (C=O) groups excluding carboxylic acids is 2. The first-order chi connectivity index (χ1) is 12.0. The molecule has 1 N–H and O–H groups in total. The smallest absolute Gasteiger partial charge is 0.338 e. The molecule has 1 atom stereocenters. The van der Waals surface area contributed by atoms with Gasteiger partial charge in [0.2, 0.25) is 5.91 Å². The number of hydrogen-bond acceptors (Lipinski definition) is 5. The van der Waals surface area contributed by atoms with Gasteiger partial charge in [0, 0.05) is 10.6 Å². The molecule has 0 aliphatic carbocycles. The zero-order valence-electron chi connectivity index (χ0n) is 14.7. The Kier molecular flexibility index (Phi) is 6.47. The predicted molar refractivity (Wildman–Crippen MR) is 99.5 cm³/mol. The lowest BCUT2D eigenvalue weighted by atomic mass is 10.1. The molecule has 0 unspecified atom stereocenters. The lowest BCUT2D eigenvalue weighted by Gasteiger charge is -2.15. The van der Waals surface area contributed by atoms with Gasteiger partial charge in [-0.2, -0.15) is 0 Å². The summed E-state index contributed by atoms with van der Waals surface area (Å²) in [5, 5.41) is 2.58. The van der Waals surface area contributed by atoms with E-state index < -0.39 is 5.97 Å². The molecule has 5 nitrogen and oxygen atoms in total. The second-order valence-electron chi connectivity index (χ2n) is 5.39. The Bertz CT molecular complexity index is 759. The number of hydrogen-bond donors (Lipinski definition) is 1. The van der Waals surface area contributed by atoms with Crippen LogP contribution in [0.2, 0.25) is 0 Å². The summed E-state index contributed by atoms with van der Waals surface area (Å²) in [5.41, 5.74) is 1.73. The van der Waals surface area contributed by atoms with Crippen LogP contribution in [0.25, 0.3) is 0 Å². The van der Waals surface area contributed by atoms with E-state index in [9.17, 15) is 9.59 Å². The van der Waals surface area contributed by atoms with Gasteiger partial charge in [0.25, 0.3) is 0 Å². The van der Waals surface area contributed by atoms with Gasteiger partial charge >= 0.3 is 5.97 Å². The molecule has 2 aromatic carbocycles. The van der Waals surface area contributed by atoms with Crippen molar-refractivity contribution < 1.29 is 19.1 Å². The van der Waals surface area contributed by atoms with E-state index in [0.717, 1.165) is 10.6 Å². The Morgan fingerprint density at radius 1 is 1.08 bits per heavy atom. The molecule has 0 aliphatic rings. The quantitative estimate of drug-likeness (QED) is 0.626. The second kappa shape index (κ2) is 8.58. The van der Waals surface area contributed by atoms with E-state index in [1.54, 1.807) is 32.2 Å². The van der Waals surface area contributed by atoms with E-state index in [1.165, 1.54) is 18.9 Å². The van der Waals surface area contributed by atoms with Crippen LogP contribution in [0.4, 0.5) is 5.69 Å². The number of anilines is 1. The summed E-state index contributed by atoms with van der Waals surface area (Å²) in [7, 11) is 2.95. The van der Waals surface area contributed by atoms with Crippen LogP contribution in [0, 0.1) is 6.92 Å². The van der Waals surface area contributed by atoms with Crippen molar-refractivity contribution in [1.29, 1.82) is 0 Å². The third-order valence-corrected chi connectivity index (χ3v) is 4.85. The minimum atomic E-state index is -0.422. The van der Waals surface area contributed by atoms with Crippen molar-refractivity contribution >= 4 is 29.3 Å². The molecule has 132 valence electrons. The first kappa shape index (κ1) is 18.9. The molecule has 0 fully saturated rings. The van der Waals surface area contributed by atoms with Gasteiger partial charge < -0.3 is 14.8 Å². The van der Waals surface area contributed by atoms with Gasteiger partial charge in [-0.25, -0.2) is 4.79 Å². The highest BCUT2D eigenvalue weighted by atomic mass is 32.2. The molecule has 2 rings (SSSR count). The van der Waals surface area contributed by atoms with E-state index in [1.807, 2.05) is 31.2 Å². The van der Waals surface area contributed by atoms with Crippen LogP contribution in [-0.4, -0.2) is 31.3 Å². The number of ether oxygens (including phenoxy) is 2. The normalized spacial score (nSPS) is 11.5. The van der Waals surface area contributed by atoms with Crippen LogP contribution in [0.15, 0.2) is 47.4 Å². The fourth-order valence-electron chi connectivity index (χ4n) is 2.25. The van der Waals surface area contributed by atoms with Crippen molar-refractivity contribution in [3.8, 4) is 5.75 Å². The van der Waals surface area contributed by atoms with Gasteiger partial charge in [0.05, 0.1) is 25.0 Å². The highest BCUT2D eigenvalue weighted by Gasteiger charge is 2.18. The highest BCUT2D eigenvalue weighted by Crippen LogP contribution is 2.27. The fourth-order valence-corrected chi connectivity index (χ4v) is 3.12. The number of amides is 1. The van der Waals surface area contributed by atoms with Gasteiger partial charge in [-0.05, 0) is 55.8 Å². The average Bonchev–Trinajstić information content (AvgIpc) is 2.63. The van der Waals surface area contributed by atoms with Gasteiger partial charge in [0.1, 0.15) is 5.75 Å². The molecule has 0 radical (unpaired) electrons. The molecule has 0 saturated carbocycles. The maximum Gasteiger partial charge on any atom is 0.338 e. The molecule has 1 amide bonds. The Morgan fingerprint density at radius 3 is 2.36 bits per heavy atom. The highest BCUT2D eigenvalue weighted by molar-refractivity contribution is 8.00. The molecule has 0 saturated heterocycles. The van der Waals surface area contributed by atoms with E-state index >= 15 is 0 Å². The van der Waals surface area contributed by atoms with Crippen LogP contribution in [0.3, 0.4) is 0 Å². The molecule has 0 heterocycles. The SMILES string of the molecule is COC(=O)c1cccc(NC(=O)[C@H](C)Sc2ccc(OC)cc2)c1C. The zero-order valence-corrected chi connectivity index (χ0v) is 15.5. The Morgan fingerprint density at radius 2 is 1.76 bits per heavy atom. The minimum Gasteiger partial charge on any atom is -0.497 e. The number of carbonyl (C=O) groups is 2. The summed E-state index contributed by atoms with van der Waals surface area (Å²) in [4.78, 5) is 25.2. The number of rotatable bonds is 6. The maximum absolute atomic E-state index is 12.5. The molecule has 0 bridgehead atoms. The van der Waals surface area contributed by atoms with E-state index in [4.69, 9.17) is 9.47 Å². The predicted octanol–water partition coefficient (Wildman–Crippen LogP) is 3.91. The van der Waals surface area contributed by atoms with Gasteiger partial charge in [-0.3, -0.25) is 4.79 Å². The number of benzene rings is 2. The van der Waals surface area contributed by atoms with Crippen molar-refractivity contribution in [2.45, 2.75) is 24.0 Å². The summed E-state index contributed by atoms with van der Waals surface area (Å²) < 4.78 is 9.88. The van der Waals surface area contributed by atoms with E-state index in [0.29, 0.717) is 16.8 Å². The van der Waals surface area contributed by atoms with Gasteiger partial charge in [-0.15, -0.1) is 11.8 Å². The van der Waals surface area contributed by atoms with Crippen molar-refractivity contribution in [2.75, 3.05) is 19.5 Å². The monoisotopic (exact) mass is 359 g/mol.